The maximum absolute atomic E-state index is 11.3. The summed E-state index contributed by atoms with van der Waals surface area (Å²) in [7, 11) is 2.74. The lowest BCUT2D eigenvalue weighted by Gasteiger charge is -2.27. The Hall–Kier alpha value is -2.49. The van der Waals surface area contributed by atoms with Gasteiger partial charge in [0.15, 0.2) is 0 Å². The van der Waals surface area contributed by atoms with Gasteiger partial charge in [0.05, 0.1) is 16.1 Å². The molecule has 3 heterocycles. The quantitative estimate of drug-likeness (QED) is 0.540. The van der Waals surface area contributed by atoms with E-state index in [9.17, 15) is 5.11 Å². The minimum absolute atomic E-state index is 0.218. The summed E-state index contributed by atoms with van der Waals surface area (Å²) in [6, 6.07) is 12.0. The summed E-state index contributed by atoms with van der Waals surface area (Å²) < 4.78 is 2.05. The summed E-state index contributed by atoms with van der Waals surface area (Å²) in [4.78, 5) is 7.40. The van der Waals surface area contributed by atoms with E-state index in [1.807, 2.05) is 67.5 Å². The summed E-state index contributed by atoms with van der Waals surface area (Å²) in [5.74, 6) is 1.14. The highest BCUT2D eigenvalue weighted by Crippen LogP contribution is 2.36. The molecule has 0 bridgehead atoms. The number of benzene rings is 1. The number of anilines is 1. The van der Waals surface area contributed by atoms with Crippen molar-refractivity contribution in [3.8, 4) is 0 Å². The molecule has 0 amide bonds. The van der Waals surface area contributed by atoms with Crippen LogP contribution in [-0.2, 0) is 6.54 Å². The van der Waals surface area contributed by atoms with E-state index >= 15 is 0 Å². The highest BCUT2D eigenvalue weighted by atomic mass is 32.1. The third-order valence-corrected chi connectivity index (χ3v) is 6.09. The Morgan fingerprint density at radius 1 is 1.22 bits per heavy atom. The van der Waals surface area contributed by atoms with Gasteiger partial charge in [-0.2, -0.15) is 9.47 Å². The van der Waals surface area contributed by atoms with Crippen molar-refractivity contribution in [2.45, 2.75) is 20.4 Å². The molecule has 136 valence electrons. The van der Waals surface area contributed by atoms with Crippen LogP contribution in [0.5, 0.6) is 0 Å². The van der Waals surface area contributed by atoms with E-state index in [1.165, 1.54) is 0 Å². The molecule has 2 aromatic heterocycles. The Kier molecular flexibility index (Phi) is 4.58. The van der Waals surface area contributed by atoms with Crippen molar-refractivity contribution in [2.24, 2.45) is 0 Å². The smallest absolute Gasteiger partial charge is 0.294 e. The fourth-order valence-electron chi connectivity index (χ4n) is 3.44. The summed E-state index contributed by atoms with van der Waals surface area (Å²) in [5.41, 5.74) is 3.53. The largest absolute Gasteiger partial charge is 0.477 e. The lowest BCUT2D eigenvalue weighted by Crippen LogP contribution is -2.46. The molecule has 4 nitrogen and oxygen atoms in total. The molecule has 0 saturated heterocycles. The monoisotopic (exact) mass is 394 g/mol. The van der Waals surface area contributed by atoms with Crippen LogP contribution in [0.25, 0.3) is 11.3 Å². The van der Waals surface area contributed by atoms with E-state index in [-0.39, 0.29) is 5.88 Å². The number of pyridine rings is 1. The summed E-state index contributed by atoms with van der Waals surface area (Å²) in [6.45, 7) is 8.88. The van der Waals surface area contributed by atoms with Crippen LogP contribution in [0.3, 0.4) is 0 Å². The van der Waals surface area contributed by atoms with Crippen molar-refractivity contribution in [3.63, 3.8) is 0 Å². The van der Waals surface area contributed by atoms with Crippen LogP contribution < -0.4 is 14.8 Å². The molecular weight excluding hydrogens is 373 g/mol. The van der Waals surface area contributed by atoms with Crippen LogP contribution in [0.2, 0.25) is 0 Å². The molecule has 0 radical (unpaired) electrons. The van der Waals surface area contributed by atoms with E-state index in [0.29, 0.717) is 6.54 Å². The number of fused-ring (bicyclic) bond motifs is 1. The Balaban J connectivity index is 1.93. The van der Waals surface area contributed by atoms with Gasteiger partial charge < -0.3 is 5.11 Å². The first-order valence-electron chi connectivity index (χ1n) is 8.65. The van der Waals surface area contributed by atoms with E-state index in [0.717, 1.165) is 43.4 Å². The van der Waals surface area contributed by atoms with Gasteiger partial charge in [0.25, 0.3) is 11.7 Å². The summed E-state index contributed by atoms with van der Waals surface area (Å²) >= 11 is 1.64. The van der Waals surface area contributed by atoms with Crippen LogP contribution in [0.15, 0.2) is 61.3 Å². The van der Waals surface area contributed by atoms with Gasteiger partial charge in [-0.25, -0.2) is 4.98 Å². The minimum Gasteiger partial charge on any atom is -0.477 e. The molecule has 6 heteroatoms. The highest BCUT2D eigenvalue weighted by molar-refractivity contribution is 7.27. The van der Waals surface area contributed by atoms with E-state index in [2.05, 4.69) is 25.4 Å². The Morgan fingerprint density at radius 3 is 2.70 bits per heavy atom. The zero-order chi connectivity index (χ0) is 19.1. The molecule has 1 atom stereocenters. The molecular formula is C21H21N3OPS+. The Labute approximate surface area is 165 Å². The number of aryl methyl sites for hydroxylation is 2. The number of aliphatic hydroxyl groups excluding tert-OH is 1. The molecule has 1 aliphatic heterocycles. The van der Waals surface area contributed by atoms with Crippen molar-refractivity contribution >= 4 is 43.0 Å². The van der Waals surface area contributed by atoms with Crippen molar-refractivity contribution in [3.05, 3.63) is 82.3 Å². The van der Waals surface area contributed by atoms with E-state index < -0.39 is 0 Å². The van der Waals surface area contributed by atoms with Gasteiger partial charge in [0.1, 0.15) is 17.8 Å². The minimum atomic E-state index is 0.218. The van der Waals surface area contributed by atoms with Crippen molar-refractivity contribution in [1.29, 1.82) is 0 Å². The number of hydrogen-bond donors (Lipinski definition) is 1. The van der Waals surface area contributed by atoms with Gasteiger partial charge in [-0.3, -0.25) is 0 Å². The standard InChI is InChI=1S/C21H20N3OPS/c1-13-7-6-10-23-14(2)19(17-8-4-5-9-18(17)26)21(25)24(20(13)23)12-16-11-22-15(3)27-16/h4-11H,2,12,26H2,1,3H3/p+1. The van der Waals surface area contributed by atoms with Crippen LogP contribution in [-0.4, -0.2) is 10.1 Å². The zero-order valence-electron chi connectivity index (χ0n) is 15.3. The molecule has 0 fully saturated rings. The second-order valence-corrected chi connectivity index (χ2v) is 8.49. The average molecular weight is 394 g/mol. The fourth-order valence-corrected chi connectivity index (χ4v) is 4.57. The lowest BCUT2D eigenvalue weighted by atomic mass is 10.0. The summed E-state index contributed by atoms with van der Waals surface area (Å²) in [5, 5.41) is 13.4. The predicted molar refractivity (Wildman–Crippen MR) is 115 cm³/mol. The molecule has 1 aliphatic rings. The van der Waals surface area contributed by atoms with Gasteiger partial charge in [0.2, 0.25) is 0 Å². The van der Waals surface area contributed by atoms with E-state index in [1.54, 1.807) is 11.3 Å². The van der Waals surface area contributed by atoms with Gasteiger partial charge in [-0.05, 0) is 31.3 Å². The third kappa shape index (κ3) is 3.07. The van der Waals surface area contributed by atoms with E-state index in [4.69, 9.17) is 0 Å². The van der Waals surface area contributed by atoms with Gasteiger partial charge in [-0.1, -0.05) is 30.8 Å². The van der Waals surface area contributed by atoms with Crippen LogP contribution >= 0.6 is 20.6 Å². The van der Waals surface area contributed by atoms with Crippen LogP contribution in [0.4, 0.5) is 5.82 Å². The van der Waals surface area contributed by atoms with Crippen molar-refractivity contribution < 1.29 is 9.67 Å². The van der Waals surface area contributed by atoms with Gasteiger partial charge in [-0.15, -0.1) is 20.6 Å². The van der Waals surface area contributed by atoms with Crippen LogP contribution in [0.1, 0.15) is 21.0 Å². The third-order valence-electron chi connectivity index (χ3n) is 4.69. The number of thiazole rings is 1. The molecule has 1 aromatic carbocycles. The van der Waals surface area contributed by atoms with Crippen molar-refractivity contribution in [1.82, 2.24) is 4.98 Å². The maximum Gasteiger partial charge on any atom is 0.294 e. The molecule has 27 heavy (non-hydrogen) atoms. The SMILES string of the molecule is C=C1C(c2ccccc2P)=C(O)N(Cc2cnc(C)s2)c2c(C)ccc[n+]21. The number of allylic oxidation sites excluding steroid dienone is 2. The first-order valence-corrected chi connectivity index (χ1v) is 10.0. The molecule has 1 unspecified atom stereocenters. The topological polar surface area (TPSA) is 40.2 Å². The van der Waals surface area contributed by atoms with Gasteiger partial charge in [0, 0.05) is 17.3 Å². The number of hydrogen-bond acceptors (Lipinski definition) is 4. The normalized spacial score (nSPS) is 13.9. The molecule has 4 rings (SSSR count). The Bertz CT molecular complexity index is 1090. The zero-order valence-corrected chi connectivity index (χ0v) is 17.3. The number of aliphatic hydroxyl groups is 1. The molecule has 1 N–H and O–H groups in total. The van der Waals surface area contributed by atoms with Crippen molar-refractivity contribution in [2.75, 3.05) is 4.90 Å². The average Bonchev–Trinajstić information content (AvgIpc) is 3.05. The van der Waals surface area contributed by atoms with Gasteiger partial charge >= 0.3 is 0 Å². The number of aromatic nitrogens is 2. The Morgan fingerprint density at radius 2 is 2.00 bits per heavy atom. The molecule has 0 spiro atoms. The number of nitrogens with zero attached hydrogens (tertiary/aromatic N) is 3. The number of rotatable bonds is 3. The maximum atomic E-state index is 11.3. The highest BCUT2D eigenvalue weighted by Gasteiger charge is 2.38. The first kappa shape index (κ1) is 17.9. The summed E-state index contributed by atoms with van der Waals surface area (Å²) in [6.07, 6.45) is 3.87. The predicted octanol–water partition coefficient (Wildman–Crippen LogP) is 3.97. The molecule has 0 saturated carbocycles. The second-order valence-electron chi connectivity index (χ2n) is 6.55. The molecule has 0 aliphatic carbocycles. The first-order chi connectivity index (χ1) is 13.0. The van der Waals surface area contributed by atoms with Crippen LogP contribution in [0, 0.1) is 13.8 Å². The second kappa shape index (κ2) is 6.91. The molecule has 3 aromatic rings. The fraction of sp³-hybridized carbons (Fsp3) is 0.143. The lowest BCUT2D eigenvalue weighted by molar-refractivity contribution is -0.565.